The van der Waals surface area contributed by atoms with Crippen molar-refractivity contribution in [3.63, 3.8) is 0 Å². The van der Waals surface area contributed by atoms with Crippen LogP contribution >= 0.6 is 0 Å². The zero-order valence-corrected chi connectivity index (χ0v) is 19.8. The first kappa shape index (κ1) is 20.7. The second kappa shape index (κ2) is 7.32. The highest BCUT2D eigenvalue weighted by molar-refractivity contribution is 5.76. The molecule has 4 heteroatoms. The average molecular weight is 427 g/mol. The normalized spacial score (nSPS) is 52.0. The third-order valence-corrected chi connectivity index (χ3v) is 11.2. The standard InChI is InChI=1S/C27H42N2O2/c1-16-14-27(17(2)25-23(31-27)5-4-12-28-25)11-8-19-20-7-6-18-15-29-24(30)9-10-26(18,3)22(20)13-21(16)19/h17-20,22-23,25,28H,4-15H2,1-3H3,(H,29,30)/t17?,18-,19?,20?,22?,23?,25?,26?,27?/m0/s1. The van der Waals surface area contributed by atoms with Crippen molar-refractivity contribution in [2.75, 3.05) is 13.1 Å². The van der Waals surface area contributed by atoms with E-state index in [9.17, 15) is 4.79 Å². The smallest absolute Gasteiger partial charge is 0.220 e. The van der Waals surface area contributed by atoms with Crippen molar-refractivity contribution in [2.45, 2.75) is 103 Å². The molecule has 2 N–H and O–H groups in total. The van der Waals surface area contributed by atoms with E-state index in [0.717, 1.165) is 50.1 Å². The molecule has 9 atom stereocenters. The summed E-state index contributed by atoms with van der Waals surface area (Å²) in [6.45, 7) is 9.51. The van der Waals surface area contributed by atoms with Crippen LogP contribution in [0, 0.1) is 35.0 Å². The van der Waals surface area contributed by atoms with Crippen LogP contribution in [0.3, 0.4) is 0 Å². The van der Waals surface area contributed by atoms with Crippen molar-refractivity contribution < 1.29 is 9.53 Å². The maximum atomic E-state index is 12.2. The number of amides is 1. The molecule has 31 heavy (non-hydrogen) atoms. The van der Waals surface area contributed by atoms with Gasteiger partial charge >= 0.3 is 0 Å². The first-order chi connectivity index (χ1) is 14.9. The molecule has 3 aliphatic carbocycles. The number of fused-ring (bicyclic) bond motifs is 6. The van der Waals surface area contributed by atoms with Crippen molar-refractivity contribution in [3.8, 4) is 0 Å². The van der Waals surface area contributed by atoms with Crippen LogP contribution in [-0.2, 0) is 9.53 Å². The van der Waals surface area contributed by atoms with Gasteiger partial charge in [0.25, 0.3) is 0 Å². The maximum absolute atomic E-state index is 12.2. The van der Waals surface area contributed by atoms with Gasteiger partial charge < -0.3 is 15.4 Å². The average Bonchev–Trinajstić information content (AvgIpc) is 3.16. The number of allylic oxidation sites excluding steroid dienone is 1. The van der Waals surface area contributed by atoms with Gasteiger partial charge in [0.1, 0.15) is 0 Å². The molecule has 0 bridgehead atoms. The number of carbonyl (C=O) groups excluding carboxylic acids is 1. The topological polar surface area (TPSA) is 50.4 Å². The van der Waals surface area contributed by atoms with Gasteiger partial charge in [0, 0.05) is 24.9 Å². The van der Waals surface area contributed by atoms with Crippen LogP contribution in [0.4, 0.5) is 0 Å². The van der Waals surface area contributed by atoms with Gasteiger partial charge in [0.2, 0.25) is 5.91 Å². The van der Waals surface area contributed by atoms with E-state index >= 15 is 0 Å². The Hall–Kier alpha value is -0.870. The summed E-state index contributed by atoms with van der Waals surface area (Å²) in [4.78, 5) is 12.2. The number of rotatable bonds is 0. The molecule has 2 saturated carbocycles. The van der Waals surface area contributed by atoms with Crippen LogP contribution in [0.5, 0.6) is 0 Å². The highest BCUT2D eigenvalue weighted by Crippen LogP contribution is 2.63. The number of ether oxygens (including phenoxy) is 1. The number of hydrogen-bond donors (Lipinski definition) is 2. The highest BCUT2D eigenvalue weighted by atomic mass is 16.5. The summed E-state index contributed by atoms with van der Waals surface area (Å²) in [7, 11) is 0. The fraction of sp³-hybridized carbons (Fsp3) is 0.889. The molecule has 6 rings (SSSR count). The van der Waals surface area contributed by atoms with Gasteiger partial charge in [0.15, 0.2) is 0 Å². The molecule has 6 aliphatic rings. The largest absolute Gasteiger partial charge is 0.369 e. The van der Waals surface area contributed by atoms with Crippen LogP contribution in [0.2, 0.25) is 0 Å². The van der Waals surface area contributed by atoms with Crippen molar-refractivity contribution in [3.05, 3.63) is 11.1 Å². The molecule has 5 fully saturated rings. The fourth-order valence-electron chi connectivity index (χ4n) is 9.33. The second-order valence-electron chi connectivity index (χ2n) is 12.3. The van der Waals surface area contributed by atoms with Gasteiger partial charge in [-0.15, -0.1) is 0 Å². The van der Waals surface area contributed by atoms with Gasteiger partial charge in [0.05, 0.1) is 11.7 Å². The van der Waals surface area contributed by atoms with E-state index < -0.39 is 0 Å². The summed E-state index contributed by atoms with van der Waals surface area (Å²) in [5.41, 5.74) is 3.85. The lowest BCUT2D eigenvalue weighted by atomic mass is 9.55. The molecule has 3 heterocycles. The minimum Gasteiger partial charge on any atom is -0.369 e. The molecule has 172 valence electrons. The molecular formula is C27H42N2O2. The Morgan fingerprint density at radius 3 is 2.84 bits per heavy atom. The molecule has 4 nitrogen and oxygen atoms in total. The third-order valence-electron chi connectivity index (χ3n) is 11.2. The van der Waals surface area contributed by atoms with Gasteiger partial charge in [-0.05, 0) is 100 Å². The Balaban J connectivity index is 1.29. The summed E-state index contributed by atoms with van der Waals surface area (Å²) in [6, 6.07) is 0.558. The molecule has 1 spiro atoms. The highest BCUT2D eigenvalue weighted by Gasteiger charge is 2.58. The lowest BCUT2D eigenvalue weighted by molar-refractivity contribution is -0.121. The molecule has 3 saturated heterocycles. The SMILES string of the molecule is CC1=C2CC3C(CC[C@H]4CNC(=O)CCC34C)C2CCC2(C1)OC1CCCNC1C2C. The van der Waals surface area contributed by atoms with E-state index in [1.807, 2.05) is 0 Å². The number of nitrogens with one attached hydrogen (secondary N) is 2. The molecule has 3 aliphatic heterocycles. The minimum absolute atomic E-state index is 0.0589. The lowest BCUT2D eigenvalue weighted by Gasteiger charge is -2.49. The van der Waals surface area contributed by atoms with Gasteiger partial charge in [-0.3, -0.25) is 4.79 Å². The van der Waals surface area contributed by atoms with Crippen LogP contribution in [-0.4, -0.2) is 36.7 Å². The monoisotopic (exact) mass is 426 g/mol. The van der Waals surface area contributed by atoms with Gasteiger partial charge in [-0.25, -0.2) is 0 Å². The number of hydrogen-bond acceptors (Lipinski definition) is 3. The number of carbonyl (C=O) groups is 1. The van der Waals surface area contributed by atoms with Crippen LogP contribution in [0.1, 0.15) is 85.0 Å². The van der Waals surface area contributed by atoms with E-state index in [1.165, 1.54) is 44.9 Å². The van der Waals surface area contributed by atoms with Crippen molar-refractivity contribution in [2.24, 2.45) is 35.0 Å². The zero-order valence-electron chi connectivity index (χ0n) is 19.8. The summed E-state index contributed by atoms with van der Waals surface area (Å²) in [6.07, 6.45) is 12.4. The predicted molar refractivity (Wildman–Crippen MR) is 123 cm³/mol. The van der Waals surface area contributed by atoms with E-state index in [2.05, 4.69) is 31.4 Å². The van der Waals surface area contributed by atoms with Crippen molar-refractivity contribution in [1.29, 1.82) is 0 Å². The van der Waals surface area contributed by atoms with Crippen LogP contribution in [0.15, 0.2) is 11.1 Å². The van der Waals surface area contributed by atoms with E-state index in [-0.39, 0.29) is 11.5 Å². The molecule has 1 amide bonds. The molecule has 8 unspecified atom stereocenters. The Morgan fingerprint density at radius 1 is 1.13 bits per heavy atom. The van der Waals surface area contributed by atoms with Gasteiger partial charge in [-0.2, -0.15) is 0 Å². The minimum atomic E-state index is 0.0589. The molecular weight excluding hydrogens is 384 g/mol. The van der Waals surface area contributed by atoms with Crippen molar-refractivity contribution >= 4 is 5.91 Å². The first-order valence-corrected chi connectivity index (χ1v) is 13.3. The molecule has 0 aromatic rings. The van der Waals surface area contributed by atoms with Crippen molar-refractivity contribution in [1.82, 2.24) is 10.6 Å². The third kappa shape index (κ3) is 3.03. The quantitative estimate of drug-likeness (QED) is 0.557. The Morgan fingerprint density at radius 2 is 2.00 bits per heavy atom. The van der Waals surface area contributed by atoms with Crippen LogP contribution < -0.4 is 10.6 Å². The Bertz CT molecular complexity index is 792. The summed E-state index contributed by atoms with van der Waals surface area (Å²) in [5.74, 6) is 3.91. The predicted octanol–water partition coefficient (Wildman–Crippen LogP) is 4.59. The van der Waals surface area contributed by atoms with E-state index in [4.69, 9.17) is 4.74 Å². The lowest BCUT2D eigenvalue weighted by Crippen LogP contribution is -2.46. The molecule has 0 radical (unpaired) electrons. The van der Waals surface area contributed by atoms with E-state index in [1.54, 1.807) is 11.1 Å². The zero-order chi connectivity index (χ0) is 21.4. The summed E-state index contributed by atoms with van der Waals surface area (Å²) in [5, 5.41) is 7.02. The Labute approximate surface area is 188 Å². The fourth-order valence-corrected chi connectivity index (χ4v) is 9.33. The maximum Gasteiger partial charge on any atom is 0.220 e. The number of piperidine rings is 1. The molecule has 0 aromatic carbocycles. The van der Waals surface area contributed by atoms with Gasteiger partial charge in [-0.1, -0.05) is 25.0 Å². The second-order valence-corrected chi connectivity index (χ2v) is 12.3. The van der Waals surface area contributed by atoms with E-state index in [0.29, 0.717) is 29.4 Å². The first-order valence-electron chi connectivity index (χ1n) is 13.3. The summed E-state index contributed by atoms with van der Waals surface area (Å²) >= 11 is 0. The Kier molecular flexibility index (Phi) is 4.89. The summed E-state index contributed by atoms with van der Waals surface area (Å²) < 4.78 is 6.95. The van der Waals surface area contributed by atoms with Crippen LogP contribution in [0.25, 0.3) is 0 Å². The molecule has 0 aromatic heterocycles.